The maximum atomic E-state index is 12.9. The number of hydrogen-bond donors (Lipinski definition) is 9. The quantitative estimate of drug-likeness (QED) is 0.101. The van der Waals surface area contributed by atoms with E-state index in [1.807, 2.05) is 23.9 Å². The van der Waals surface area contributed by atoms with Crippen LogP contribution in [0.4, 0.5) is 0 Å². The van der Waals surface area contributed by atoms with Crippen LogP contribution in [0.1, 0.15) is 66.2 Å². The largest absolute Gasteiger partial charge is 0.391 e. The summed E-state index contributed by atoms with van der Waals surface area (Å²) in [6.45, 7) is 9.22. The normalized spacial score (nSPS) is 39.9. The molecule has 0 bridgehead atoms. The Balaban J connectivity index is 0.000000290. The van der Waals surface area contributed by atoms with Crippen molar-refractivity contribution in [3.63, 3.8) is 0 Å². The van der Waals surface area contributed by atoms with Crippen LogP contribution in [-0.4, -0.2) is 192 Å². The first-order valence-electron chi connectivity index (χ1n) is 19.2. The first-order chi connectivity index (χ1) is 25.4. The smallest absolute Gasteiger partial charge is 0.237 e. The predicted octanol–water partition coefficient (Wildman–Crippen LogP) is -0.467. The third-order valence-corrected chi connectivity index (χ3v) is 13.3. The monoisotopic (exact) mass is 830 g/mol. The highest BCUT2D eigenvalue weighted by Gasteiger charge is 2.50. The molecular formula is C36H67ClN4O11S2. The highest BCUT2D eigenvalue weighted by Crippen LogP contribution is 2.33. The lowest BCUT2D eigenvalue weighted by atomic mass is 9.92. The van der Waals surface area contributed by atoms with Gasteiger partial charge in [0.1, 0.15) is 59.7 Å². The van der Waals surface area contributed by atoms with Gasteiger partial charge in [-0.1, -0.05) is 26.7 Å². The number of nitrogens with one attached hydrogen (secondary N) is 2. The molecule has 0 aromatic carbocycles. The van der Waals surface area contributed by atoms with Gasteiger partial charge in [-0.15, -0.1) is 35.1 Å². The van der Waals surface area contributed by atoms with Crippen LogP contribution in [0.25, 0.3) is 0 Å². The fraction of sp³-hybridized carbons (Fsp3) is 0.944. The van der Waals surface area contributed by atoms with E-state index in [0.29, 0.717) is 11.8 Å². The van der Waals surface area contributed by atoms with Crippen LogP contribution < -0.4 is 10.6 Å². The second-order valence-electron chi connectivity index (χ2n) is 15.5. The van der Waals surface area contributed by atoms with Crippen molar-refractivity contribution >= 4 is 46.9 Å². The minimum Gasteiger partial charge on any atom is -0.391 e. The molecule has 0 radical (unpaired) electrons. The molecule has 0 aromatic heterocycles. The van der Waals surface area contributed by atoms with E-state index in [4.69, 9.17) is 21.1 Å². The SMILES string of the molecule is CCC[C@@H]1C[C@@H](C(=O)N[C@H]([C@@H](C)O)[C@H]2OC(SC)[C@H](O)[C@H](O)C2O)N(C)C1.CCC[C@@H]1C[C@@H](C(=O)N[C@H]([C@H](C)Cl)[C@H]2OC(SC)[C@H](O)[C@H](O)C2O)N(C)C1. The number of thioether (sulfide) groups is 2. The number of hydrogen-bond acceptors (Lipinski definition) is 15. The van der Waals surface area contributed by atoms with Crippen LogP contribution in [0.5, 0.6) is 0 Å². The summed E-state index contributed by atoms with van der Waals surface area (Å²) in [5, 5.41) is 76.6. The molecule has 2 amide bonds. The van der Waals surface area contributed by atoms with Crippen LogP contribution in [0.15, 0.2) is 0 Å². The van der Waals surface area contributed by atoms with Gasteiger partial charge in [-0.3, -0.25) is 19.4 Å². The van der Waals surface area contributed by atoms with E-state index in [9.17, 15) is 45.3 Å². The summed E-state index contributed by atoms with van der Waals surface area (Å²) in [5.41, 5.74) is -1.46. The summed E-state index contributed by atoms with van der Waals surface area (Å²) in [6, 6.07) is -2.13. The van der Waals surface area contributed by atoms with Crippen molar-refractivity contribution in [2.24, 2.45) is 11.8 Å². The van der Waals surface area contributed by atoms with E-state index in [1.165, 1.54) is 30.4 Å². The molecule has 4 unspecified atom stereocenters. The summed E-state index contributed by atoms with van der Waals surface area (Å²) in [5.74, 6) is 0.594. The number of aliphatic hydroxyl groups excluding tert-OH is 7. The van der Waals surface area contributed by atoms with Gasteiger partial charge in [0.15, 0.2) is 0 Å². The Morgan fingerprint density at radius 3 is 1.41 bits per heavy atom. The van der Waals surface area contributed by atoms with Crippen molar-refractivity contribution in [1.82, 2.24) is 20.4 Å². The molecule has 4 saturated heterocycles. The molecule has 4 fully saturated rings. The third-order valence-electron chi connectivity index (χ3n) is 11.3. The maximum absolute atomic E-state index is 12.9. The number of aliphatic hydroxyl groups is 7. The number of rotatable bonds is 14. The van der Waals surface area contributed by atoms with Gasteiger partial charge in [-0.05, 0) is 78.0 Å². The van der Waals surface area contributed by atoms with Crippen molar-refractivity contribution in [3.05, 3.63) is 0 Å². The van der Waals surface area contributed by atoms with Crippen LogP contribution in [0, 0.1) is 11.8 Å². The zero-order chi connectivity index (χ0) is 40.6. The standard InChI is InChI=1S/C18H33ClN2O5S.C18H34N2O6S/c1-5-6-10-7-11(21(3)8-10)17(25)20-12(9(2)19)16-14(23)13(22)15(24)18(26-16)27-4;1-5-6-10-7-11(20(3)8-10)17(25)19-12(9(2)21)16-14(23)13(22)15(24)18(26-16)27-4/h9-16,18,22-24H,5-8H2,1-4H3,(H,20,25);9-16,18,21-24H,5-8H2,1-4H3,(H,19,25)/t9-,10+,11-,12+,13+,14?,15+,16+,18?;9-,10-,11+,12-,13-,14?,15-,16-,18?/m01/s1. The molecule has 4 heterocycles. The van der Waals surface area contributed by atoms with Crippen molar-refractivity contribution < 1.29 is 54.8 Å². The van der Waals surface area contributed by atoms with Crippen molar-refractivity contribution in [1.29, 1.82) is 0 Å². The molecule has 0 saturated carbocycles. The predicted molar refractivity (Wildman–Crippen MR) is 210 cm³/mol. The number of amides is 2. The van der Waals surface area contributed by atoms with Crippen LogP contribution >= 0.6 is 35.1 Å². The Morgan fingerprint density at radius 1 is 0.704 bits per heavy atom. The average molecular weight is 832 g/mol. The summed E-state index contributed by atoms with van der Waals surface area (Å²) in [7, 11) is 3.85. The molecule has 0 aromatic rings. The number of likely N-dealkylation sites (tertiary alicyclic amines) is 2. The molecule has 4 aliphatic heterocycles. The van der Waals surface area contributed by atoms with Gasteiger partial charge in [-0.25, -0.2) is 0 Å². The average Bonchev–Trinajstić information content (AvgIpc) is 3.69. The lowest BCUT2D eigenvalue weighted by Gasteiger charge is -2.44. The molecule has 4 rings (SSSR count). The minimum atomic E-state index is -1.42. The fourth-order valence-corrected chi connectivity index (χ4v) is 9.81. The molecule has 54 heavy (non-hydrogen) atoms. The molecule has 0 spiro atoms. The lowest BCUT2D eigenvalue weighted by molar-refractivity contribution is -0.211. The van der Waals surface area contributed by atoms with E-state index in [-0.39, 0.29) is 23.9 Å². The first-order valence-corrected chi connectivity index (χ1v) is 22.2. The maximum Gasteiger partial charge on any atom is 0.237 e. The third kappa shape index (κ3) is 11.8. The molecule has 15 nitrogen and oxygen atoms in total. The highest BCUT2D eigenvalue weighted by atomic mass is 35.5. The summed E-state index contributed by atoms with van der Waals surface area (Å²) in [6.07, 6.45) is -1.59. The topological polar surface area (TPSA) is 225 Å². The Bertz CT molecular complexity index is 1080. The Morgan fingerprint density at radius 2 is 1.07 bits per heavy atom. The van der Waals surface area contributed by atoms with E-state index >= 15 is 0 Å². The zero-order valence-electron chi connectivity index (χ0n) is 32.9. The van der Waals surface area contributed by atoms with Crippen LogP contribution in [0.2, 0.25) is 0 Å². The van der Waals surface area contributed by atoms with E-state index < -0.39 is 83.3 Å². The van der Waals surface area contributed by atoms with E-state index in [0.717, 1.165) is 51.6 Å². The molecule has 18 atom stereocenters. The second-order valence-corrected chi connectivity index (χ2v) is 18.1. The van der Waals surface area contributed by atoms with Gasteiger partial charge in [0.05, 0.1) is 35.6 Å². The van der Waals surface area contributed by atoms with Crippen molar-refractivity contribution in [3.8, 4) is 0 Å². The Labute approximate surface area is 334 Å². The van der Waals surface area contributed by atoms with Crippen LogP contribution in [-0.2, 0) is 19.1 Å². The molecule has 18 heteroatoms. The Hall–Kier alpha value is -0.510. The second kappa shape index (κ2) is 22.0. The van der Waals surface area contributed by atoms with Gasteiger partial charge in [-0.2, -0.15) is 0 Å². The number of carbonyl (C=O) groups is 2. The summed E-state index contributed by atoms with van der Waals surface area (Å²) < 4.78 is 11.5. The minimum absolute atomic E-state index is 0.147. The fourth-order valence-electron chi connectivity index (χ4n) is 8.25. The number of likely N-dealkylation sites (N-methyl/N-ethyl adjacent to an activating group) is 2. The molecular weight excluding hydrogens is 764 g/mol. The molecule has 9 N–H and O–H groups in total. The van der Waals surface area contributed by atoms with E-state index in [2.05, 4.69) is 24.5 Å². The molecule has 316 valence electrons. The van der Waals surface area contributed by atoms with Gasteiger partial charge in [0.25, 0.3) is 0 Å². The van der Waals surface area contributed by atoms with Gasteiger partial charge < -0.3 is 55.9 Å². The molecule has 4 aliphatic rings. The Kier molecular flexibility index (Phi) is 19.5. The number of alkyl halides is 1. The van der Waals surface area contributed by atoms with Gasteiger partial charge in [0.2, 0.25) is 11.8 Å². The first kappa shape index (κ1) is 47.9. The summed E-state index contributed by atoms with van der Waals surface area (Å²) in [4.78, 5) is 29.8. The molecule has 0 aliphatic carbocycles. The lowest BCUT2D eigenvalue weighted by Crippen LogP contribution is -2.65. The van der Waals surface area contributed by atoms with Gasteiger partial charge in [0, 0.05) is 13.1 Å². The highest BCUT2D eigenvalue weighted by molar-refractivity contribution is 7.99. The van der Waals surface area contributed by atoms with Gasteiger partial charge >= 0.3 is 0 Å². The number of ether oxygens (including phenoxy) is 2. The van der Waals surface area contributed by atoms with E-state index in [1.54, 1.807) is 19.4 Å². The van der Waals surface area contributed by atoms with Crippen molar-refractivity contribution in [2.75, 3.05) is 39.7 Å². The zero-order valence-corrected chi connectivity index (χ0v) is 35.3. The number of halogens is 1. The van der Waals surface area contributed by atoms with Crippen LogP contribution in [0.3, 0.4) is 0 Å². The number of nitrogens with zero attached hydrogens (tertiary/aromatic N) is 2. The summed E-state index contributed by atoms with van der Waals surface area (Å²) >= 11 is 8.75. The number of carbonyl (C=O) groups excluding carboxylic acids is 2. The van der Waals surface area contributed by atoms with Crippen molar-refractivity contribution in [2.45, 2.75) is 162 Å².